The van der Waals surface area contributed by atoms with Crippen LogP contribution < -0.4 is 0 Å². The van der Waals surface area contributed by atoms with Gasteiger partial charge in [0.2, 0.25) is 11.6 Å². The molecule has 2 aliphatic rings. The summed E-state index contributed by atoms with van der Waals surface area (Å²) < 4.78 is 10.7. The van der Waals surface area contributed by atoms with Crippen LogP contribution in [0.3, 0.4) is 0 Å². The van der Waals surface area contributed by atoms with Gasteiger partial charge in [-0.15, -0.1) is 0 Å². The molecule has 4 rings (SSSR count). The summed E-state index contributed by atoms with van der Waals surface area (Å²) in [5.74, 6) is -4.59. The molecule has 0 aromatic heterocycles. The van der Waals surface area contributed by atoms with E-state index in [1.807, 2.05) is 0 Å². The van der Waals surface area contributed by atoms with Gasteiger partial charge in [0.05, 0.1) is 22.0 Å². The third-order valence-electron chi connectivity index (χ3n) is 6.68. The Labute approximate surface area is 230 Å². The molecule has 2 aromatic rings. The van der Waals surface area contributed by atoms with E-state index in [1.54, 1.807) is 36.4 Å². The number of ether oxygens (including phenoxy) is 2. The van der Waals surface area contributed by atoms with Gasteiger partial charge in [0.15, 0.2) is 23.1 Å². The molecule has 2 aromatic carbocycles. The van der Waals surface area contributed by atoms with Gasteiger partial charge in [-0.25, -0.2) is 9.59 Å². The summed E-state index contributed by atoms with van der Waals surface area (Å²) in [6.07, 6.45) is 4.91. The number of ketones is 4. The molecule has 0 amide bonds. The Bertz CT molecular complexity index is 1450. The lowest BCUT2D eigenvalue weighted by atomic mass is 9.74. The molecule has 0 heterocycles. The Kier molecular flexibility index (Phi) is 7.46. The molecule has 0 unspecified atom stereocenters. The van der Waals surface area contributed by atoms with E-state index in [1.165, 1.54) is 64.1 Å². The number of rotatable bonds is 5. The summed E-state index contributed by atoms with van der Waals surface area (Å²) in [6, 6.07) is 16.1. The topological polar surface area (TPSA) is 121 Å². The van der Waals surface area contributed by atoms with Crippen LogP contribution in [0.15, 0.2) is 108 Å². The molecule has 0 N–H and O–H groups in total. The van der Waals surface area contributed by atoms with Gasteiger partial charge in [0.1, 0.15) is 0 Å². The van der Waals surface area contributed by atoms with Crippen LogP contribution in [-0.4, -0.2) is 35.1 Å². The van der Waals surface area contributed by atoms with E-state index in [2.05, 4.69) is 0 Å². The first-order valence-electron chi connectivity index (χ1n) is 12.4. The molecule has 8 heteroatoms. The number of benzene rings is 2. The molecule has 0 atom stereocenters. The highest BCUT2D eigenvalue weighted by Gasteiger charge is 2.45. The minimum absolute atomic E-state index is 0.00620. The van der Waals surface area contributed by atoms with E-state index in [9.17, 15) is 28.8 Å². The van der Waals surface area contributed by atoms with Crippen molar-refractivity contribution in [2.45, 2.75) is 27.7 Å². The fraction of sp³-hybridized carbons (Fsp3) is 0.188. The van der Waals surface area contributed by atoms with Gasteiger partial charge in [0, 0.05) is 11.1 Å². The second-order valence-corrected chi connectivity index (χ2v) is 10.3. The van der Waals surface area contributed by atoms with Crippen molar-refractivity contribution in [3.63, 3.8) is 0 Å². The SMILES string of the molecule is CC1(C)C(=O)C(=CC=C2C=C(OC(=O)c3ccccc3)C(=O)C(C)(C)C2=O)C=C(OC(=O)c2ccccc2)C1=O. The molecule has 2 aliphatic carbocycles. The first-order chi connectivity index (χ1) is 18.8. The van der Waals surface area contributed by atoms with Crippen LogP contribution in [0.2, 0.25) is 0 Å². The van der Waals surface area contributed by atoms with Gasteiger partial charge in [-0.2, -0.15) is 0 Å². The Morgan fingerprint density at radius 1 is 0.550 bits per heavy atom. The average Bonchev–Trinajstić information content (AvgIpc) is 2.95. The summed E-state index contributed by atoms with van der Waals surface area (Å²) in [5, 5.41) is 0. The van der Waals surface area contributed by atoms with Crippen LogP contribution in [-0.2, 0) is 28.7 Å². The zero-order valence-corrected chi connectivity index (χ0v) is 22.3. The third kappa shape index (κ3) is 5.29. The second kappa shape index (κ2) is 10.6. The van der Waals surface area contributed by atoms with Crippen molar-refractivity contribution in [1.82, 2.24) is 0 Å². The fourth-order valence-electron chi connectivity index (χ4n) is 4.13. The minimum Gasteiger partial charge on any atom is -0.419 e. The van der Waals surface area contributed by atoms with Crippen molar-refractivity contribution in [2.75, 3.05) is 0 Å². The Balaban J connectivity index is 1.71. The van der Waals surface area contributed by atoms with Crippen LogP contribution in [0.25, 0.3) is 0 Å². The van der Waals surface area contributed by atoms with Gasteiger partial charge in [-0.05, 0) is 64.1 Å². The van der Waals surface area contributed by atoms with E-state index in [0.29, 0.717) is 0 Å². The number of Topliss-reactive ketones (excluding diaryl/α,β-unsaturated/α-hetero) is 4. The highest BCUT2D eigenvalue weighted by atomic mass is 16.5. The summed E-state index contributed by atoms with van der Waals surface area (Å²) in [4.78, 5) is 77.3. The lowest BCUT2D eigenvalue weighted by Gasteiger charge is -2.28. The molecule has 0 bridgehead atoms. The normalized spacial score (nSPS) is 20.2. The van der Waals surface area contributed by atoms with E-state index < -0.39 is 45.9 Å². The van der Waals surface area contributed by atoms with Gasteiger partial charge in [-0.1, -0.05) is 48.6 Å². The maximum absolute atomic E-state index is 13.1. The highest BCUT2D eigenvalue weighted by Crippen LogP contribution is 2.35. The summed E-state index contributed by atoms with van der Waals surface area (Å²) >= 11 is 0. The number of hydrogen-bond donors (Lipinski definition) is 0. The van der Waals surface area contributed by atoms with E-state index in [4.69, 9.17) is 9.47 Å². The highest BCUT2D eigenvalue weighted by molar-refractivity contribution is 6.24. The van der Waals surface area contributed by atoms with Gasteiger partial charge < -0.3 is 9.47 Å². The molecule has 0 fully saturated rings. The van der Waals surface area contributed by atoms with Crippen LogP contribution in [0.5, 0.6) is 0 Å². The first-order valence-corrected chi connectivity index (χ1v) is 12.4. The van der Waals surface area contributed by atoms with Crippen molar-refractivity contribution in [2.24, 2.45) is 10.8 Å². The molecule has 0 saturated heterocycles. The van der Waals surface area contributed by atoms with Gasteiger partial charge >= 0.3 is 11.9 Å². The lowest BCUT2D eigenvalue weighted by molar-refractivity contribution is -0.137. The Morgan fingerprint density at radius 3 is 1.20 bits per heavy atom. The number of hydrogen-bond acceptors (Lipinski definition) is 8. The maximum atomic E-state index is 13.1. The molecule has 0 radical (unpaired) electrons. The number of esters is 2. The molecule has 0 spiro atoms. The monoisotopic (exact) mass is 538 g/mol. The number of carbonyl (C=O) groups is 6. The zero-order valence-electron chi connectivity index (χ0n) is 22.3. The van der Waals surface area contributed by atoms with Crippen molar-refractivity contribution in [1.29, 1.82) is 0 Å². The molecule has 8 nitrogen and oxygen atoms in total. The molecule has 0 aliphatic heterocycles. The van der Waals surface area contributed by atoms with Crippen molar-refractivity contribution < 1.29 is 38.2 Å². The third-order valence-corrected chi connectivity index (χ3v) is 6.68. The molecule has 202 valence electrons. The van der Waals surface area contributed by atoms with E-state index in [-0.39, 0.29) is 33.8 Å². The average molecular weight is 539 g/mol. The Morgan fingerprint density at radius 2 is 0.875 bits per heavy atom. The lowest BCUT2D eigenvalue weighted by Crippen LogP contribution is -2.40. The van der Waals surface area contributed by atoms with E-state index in [0.717, 1.165) is 12.2 Å². The Hall–Kier alpha value is -4.98. The molecule has 40 heavy (non-hydrogen) atoms. The predicted molar refractivity (Wildman–Crippen MR) is 144 cm³/mol. The van der Waals surface area contributed by atoms with E-state index >= 15 is 0 Å². The number of allylic oxidation sites excluding steroid dienone is 8. The van der Waals surface area contributed by atoms with Gasteiger partial charge in [0.25, 0.3) is 0 Å². The van der Waals surface area contributed by atoms with Crippen LogP contribution in [0, 0.1) is 10.8 Å². The predicted octanol–water partition coefficient (Wildman–Crippen LogP) is 4.68. The molecular weight excluding hydrogens is 512 g/mol. The molecular formula is C32H26O8. The fourth-order valence-corrected chi connectivity index (χ4v) is 4.13. The van der Waals surface area contributed by atoms with Gasteiger partial charge in [-0.3, -0.25) is 19.2 Å². The maximum Gasteiger partial charge on any atom is 0.343 e. The summed E-state index contributed by atoms with van der Waals surface area (Å²) in [5.41, 5.74) is -2.62. The van der Waals surface area contributed by atoms with Crippen molar-refractivity contribution >= 4 is 35.1 Å². The zero-order chi connectivity index (χ0) is 29.2. The molecule has 0 saturated carbocycles. The van der Waals surface area contributed by atoms with Crippen LogP contribution in [0.4, 0.5) is 0 Å². The second-order valence-electron chi connectivity index (χ2n) is 10.3. The largest absolute Gasteiger partial charge is 0.419 e. The number of carbonyl (C=O) groups excluding carboxylic acids is 6. The smallest absolute Gasteiger partial charge is 0.343 e. The quantitative estimate of drug-likeness (QED) is 0.306. The van der Waals surface area contributed by atoms with Crippen molar-refractivity contribution in [3.8, 4) is 0 Å². The standard InChI is InChI=1S/C32H26O8/c1-31(2)25(33)21(17-23(27(31)35)39-29(37)19-11-7-5-8-12-19)15-16-22-18-24(28(36)32(3,4)26(22)34)40-30(38)20-13-9-6-10-14-20/h5-18H,1-4H3. The van der Waals surface area contributed by atoms with Crippen molar-refractivity contribution in [3.05, 3.63) is 119 Å². The summed E-state index contributed by atoms with van der Waals surface area (Å²) in [7, 11) is 0. The minimum atomic E-state index is -1.54. The van der Waals surface area contributed by atoms with Crippen LogP contribution >= 0.6 is 0 Å². The first kappa shape index (κ1) is 28.0. The van der Waals surface area contributed by atoms with Crippen LogP contribution in [0.1, 0.15) is 48.4 Å². The summed E-state index contributed by atoms with van der Waals surface area (Å²) in [6.45, 7) is 5.65.